The molecule has 0 fully saturated rings. The second-order valence-corrected chi connectivity index (χ2v) is 4.44. The molecule has 2 amide bonds. The molecular formula is C11H12BrFN2O3. The first-order valence-corrected chi connectivity index (χ1v) is 5.98. The SMILES string of the molecule is CCC(NC(=O)Nc1cc(Br)ccc1F)C(=O)O. The van der Waals surface area contributed by atoms with Crippen LogP contribution in [0.4, 0.5) is 14.9 Å². The first-order chi connectivity index (χ1) is 8.43. The zero-order valence-corrected chi connectivity index (χ0v) is 11.1. The van der Waals surface area contributed by atoms with Gasteiger partial charge in [-0.15, -0.1) is 0 Å². The normalized spacial score (nSPS) is 11.7. The van der Waals surface area contributed by atoms with Crippen LogP contribution in [0.5, 0.6) is 0 Å². The summed E-state index contributed by atoms with van der Waals surface area (Å²) in [7, 11) is 0. The predicted molar refractivity (Wildman–Crippen MR) is 68.0 cm³/mol. The second-order valence-electron chi connectivity index (χ2n) is 3.52. The third-order valence-corrected chi connectivity index (χ3v) is 2.68. The highest BCUT2D eigenvalue weighted by Crippen LogP contribution is 2.19. The molecule has 0 aliphatic heterocycles. The molecule has 98 valence electrons. The van der Waals surface area contributed by atoms with Crippen molar-refractivity contribution < 1.29 is 19.1 Å². The van der Waals surface area contributed by atoms with Crippen LogP contribution in [0.1, 0.15) is 13.3 Å². The van der Waals surface area contributed by atoms with Crippen LogP contribution in [0.15, 0.2) is 22.7 Å². The number of carbonyl (C=O) groups is 2. The lowest BCUT2D eigenvalue weighted by atomic mass is 10.2. The Hall–Kier alpha value is -1.63. The van der Waals surface area contributed by atoms with Crippen molar-refractivity contribution >= 4 is 33.6 Å². The molecule has 0 radical (unpaired) electrons. The number of hydrogen-bond acceptors (Lipinski definition) is 2. The van der Waals surface area contributed by atoms with Crippen LogP contribution < -0.4 is 10.6 Å². The lowest BCUT2D eigenvalue weighted by Gasteiger charge is -2.13. The summed E-state index contributed by atoms with van der Waals surface area (Å²) in [5.41, 5.74) is -0.0258. The number of hydrogen-bond donors (Lipinski definition) is 3. The molecule has 1 aromatic carbocycles. The number of anilines is 1. The van der Waals surface area contributed by atoms with E-state index in [1.807, 2.05) is 0 Å². The summed E-state index contributed by atoms with van der Waals surface area (Å²) < 4.78 is 13.9. The topological polar surface area (TPSA) is 78.4 Å². The Morgan fingerprint density at radius 2 is 2.17 bits per heavy atom. The van der Waals surface area contributed by atoms with Gasteiger partial charge < -0.3 is 15.7 Å². The third kappa shape index (κ3) is 3.99. The lowest BCUT2D eigenvalue weighted by Crippen LogP contribution is -2.42. The smallest absolute Gasteiger partial charge is 0.326 e. The molecule has 0 aliphatic rings. The van der Waals surface area contributed by atoms with Crippen molar-refractivity contribution in [1.29, 1.82) is 0 Å². The Bertz CT molecular complexity index is 468. The molecule has 5 nitrogen and oxygen atoms in total. The molecule has 1 rings (SSSR count). The van der Waals surface area contributed by atoms with Crippen LogP contribution >= 0.6 is 15.9 Å². The van der Waals surface area contributed by atoms with Gasteiger partial charge in [0.25, 0.3) is 0 Å². The highest BCUT2D eigenvalue weighted by Gasteiger charge is 2.18. The molecule has 0 aliphatic carbocycles. The first kappa shape index (κ1) is 14.4. The Morgan fingerprint density at radius 3 is 2.72 bits per heavy atom. The molecule has 3 N–H and O–H groups in total. The summed E-state index contributed by atoms with van der Waals surface area (Å²) >= 11 is 3.14. The van der Waals surface area contributed by atoms with Crippen molar-refractivity contribution in [2.24, 2.45) is 0 Å². The van der Waals surface area contributed by atoms with Crippen LogP contribution in [-0.2, 0) is 4.79 Å². The number of rotatable bonds is 4. The monoisotopic (exact) mass is 318 g/mol. The van der Waals surface area contributed by atoms with Gasteiger partial charge in [0, 0.05) is 4.47 Å². The number of carboxylic acids is 1. The Labute approximate surface area is 112 Å². The van der Waals surface area contributed by atoms with E-state index in [9.17, 15) is 14.0 Å². The van der Waals surface area contributed by atoms with Crippen molar-refractivity contribution in [3.05, 3.63) is 28.5 Å². The standard InChI is InChI=1S/C11H12BrFN2O3/c1-2-8(10(16)17)14-11(18)15-9-5-6(12)3-4-7(9)13/h3-5,8H,2H2,1H3,(H,16,17)(H2,14,15,18). The summed E-state index contributed by atoms with van der Waals surface area (Å²) in [4.78, 5) is 22.2. The molecule has 0 saturated heterocycles. The molecular weight excluding hydrogens is 307 g/mol. The summed E-state index contributed by atoms with van der Waals surface area (Å²) in [5.74, 6) is -1.74. The number of aliphatic carboxylic acids is 1. The van der Waals surface area contributed by atoms with Crippen LogP contribution in [0, 0.1) is 5.82 Å². The van der Waals surface area contributed by atoms with Crippen molar-refractivity contribution in [3.63, 3.8) is 0 Å². The zero-order chi connectivity index (χ0) is 13.7. The Kier molecular flexibility index (Phi) is 5.08. The van der Waals surface area contributed by atoms with Gasteiger partial charge in [0.05, 0.1) is 5.69 Å². The average Bonchev–Trinajstić information content (AvgIpc) is 2.30. The highest BCUT2D eigenvalue weighted by atomic mass is 79.9. The van der Waals surface area contributed by atoms with Gasteiger partial charge in [0.1, 0.15) is 11.9 Å². The maximum atomic E-state index is 13.3. The first-order valence-electron chi connectivity index (χ1n) is 5.19. The van der Waals surface area contributed by atoms with Crippen LogP contribution in [0.2, 0.25) is 0 Å². The minimum absolute atomic E-state index is 0.0258. The van der Waals surface area contributed by atoms with Gasteiger partial charge in [0.15, 0.2) is 0 Å². The molecule has 1 aromatic rings. The molecule has 1 unspecified atom stereocenters. The maximum absolute atomic E-state index is 13.3. The number of carbonyl (C=O) groups excluding carboxylic acids is 1. The third-order valence-electron chi connectivity index (χ3n) is 2.19. The van der Waals surface area contributed by atoms with Crippen LogP contribution in [0.3, 0.4) is 0 Å². The quantitative estimate of drug-likeness (QED) is 0.798. The van der Waals surface area contributed by atoms with E-state index in [2.05, 4.69) is 26.6 Å². The fraction of sp³-hybridized carbons (Fsp3) is 0.273. The van der Waals surface area contributed by atoms with E-state index >= 15 is 0 Å². The lowest BCUT2D eigenvalue weighted by molar-refractivity contribution is -0.139. The minimum Gasteiger partial charge on any atom is -0.480 e. The number of halogens is 2. The molecule has 0 heterocycles. The fourth-order valence-corrected chi connectivity index (χ4v) is 1.61. The summed E-state index contributed by atoms with van der Waals surface area (Å²) in [6.07, 6.45) is 0.240. The fourth-order valence-electron chi connectivity index (χ4n) is 1.25. The van der Waals surface area contributed by atoms with E-state index in [1.54, 1.807) is 6.92 Å². The van der Waals surface area contributed by atoms with Gasteiger partial charge >= 0.3 is 12.0 Å². The van der Waals surface area contributed by atoms with Gasteiger partial charge in [-0.1, -0.05) is 22.9 Å². The average molecular weight is 319 g/mol. The highest BCUT2D eigenvalue weighted by molar-refractivity contribution is 9.10. The van der Waals surface area contributed by atoms with E-state index in [1.165, 1.54) is 18.2 Å². The molecule has 0 aromatic heterocycles. The van der Waals surface area contributed by atoms with Gasteiger partial charge in [-0.05, 0) is 24.6 Å². The van der Waals surface area contributed by atoms with E-state index < -0.39 is 23.9 Å². The summed E-state index contributed by atoms with van der Waals surface area (Å²) in [6, 6.07) is 2.30. The van der Waals surface area contributed by atoms with Gasteiger partial charge in [-0.2, -0.15) is 0 Å². The van der Waals surface area contributed by atoms with Crippen molar-refractivity contribution in [2.75, 3.05) is 5.32 Å². The van der Waals surface area contributed by atoms with Gasteiger partial charge in [-0.25, -0.2) is 14.0 Å². The zero-order valence-electron chi connectivity index (χ0n) is 9.54. The number of urea groups is 1. The Morgan fingerprint density at radius 1 is 1.50 bits per heavy atom. The molecule has 0 bridgehead atoms. The summed E-state index contributed by atoms with van der Waals surface area (Å²) in [6.45, 7) is 1.62. The number of carboxylic acid groups (broad SMARTS) is 1. The Balaban J connectivity index is 2.70. The van der Waals surface area contributed by atoms with E-state index in [0.29, 0.717) is 4.47 Å². The molecule has 1 atom stereocenters. The maximum Gasteiger partial charge on any atom is 0.326 e. The van der Waals surface area contributed by atoms with Crippen molar-refractivity contribution in [3.8, 4) is 0 Å². The number of amides is 2. The van der Waals surface area contributed by atoms with E-state index in [0.717, 1.165) is 0 Å². The number of benzene rings is 1. The number of nitrogens with one attached hydrogen (secondary N) is 2. The van der Waals surface area contributed by atoms with Gasteiger partial charge in [0.2, 0.25) is 0 Å². The summed E-state index contributed by atoms with van der Waals surface area (Å²) in [5, 5.41) is 13.2. The molecule has 18 heavy (non-hydrogen) atoms. The van der Waals surface area contributed by atoms with Crippen molar-refractivity contribution in [2.45, 2.75) is 19.4 Å². The molecule has 0 spiro atoms. The minimum atomic E-state index is -1.14. The predicted octanol–water partition coefficient (Wildman–Crippen LogP) is 2.57. The van der Waals surface area contributed by atoms with Crippen LogP contribution in [0.25, 0.3) is 0 Å². The van der Waals surface area contributed by atoms with Crippen LogP contribution in [-0.4, -0.2) is 23.1 Å². The largest absolute Gasteiger partial charge is 0.480 e. The molecule has 0 saturated carbocycles. The van der Waals surface area contributed by atoms with Crippen molar-refractivity contribution in [1.82, 2.24) is 5.32 Å². The molecule has 7 heteroatoms. The van der Waals surface area contributed by atoms with Gasteiger partial charge in [-0.3, -0.25) is 0 Å². The van der Waals surface area contributed by atoms with E-state index in [4.69, 9.17) is 5.11 Å². The van der Waals surface area contributed by atoms with E-state index in [-0.39, 0.29) is 12.1 Å². The second kappa shape index (κ2) is 6.34.